The van der Waals surface area contributed by atoms with Crippen molar-refractivity contribution in [2.45, 2.75) is 13.0 Å². The van der Waals surface area contributed by atoms with Gasteiger partial charge in [-0.25, -0.2) is 19.6 Å². The van der Waals surface area contributed by atoms with Crippen molar-refractivity contribution in [2.24, 2.45) is 0 Å². The Bertz CT molecular complexity index is 715. The Hall–Kier alpha value is -3.49. The third-order valence-electron chi connectivity index (χ3n) is 3.23. The van der Waals surface area contributed by atoms with Crippen LogP contribution in [0.2, 0.25) is 0 Å². The normalized spacial score (nSPS) is 11.3. The first kappa shape index (κ1) is 18.8. The number of hydrogen-bond donors (Lipinski definition) is 2. The molecule has 1 unspecified atom stereocenters. The summed E-state index contributed by atoms with van der Waals surface area (Å²) in [4.78, 5) is 45.1. The van der Waals surface area contributed by atoms with Gasteiger partial charge in [0.1, 0.15) is 18.2 Å². The Morgan fingerprint density at radius 3 is 2.12 bits per heavy atom. The Morgan fingerprint density at radius 2 is 1.69 bits per heavy atom. The number of carbonyl (C=O) groups is 3. The lowest BCUT2D eigenvalue weighted by molar-refractivity contribution is -0.156. The number of ether oxygens (including phenoxy) is 1. The van der Waals surface area contributed by atoms with Crippen molar-refractivity contribution in [3.63, 3.8) is 0 Å². The minimum atomic E-state index is -1.78. The zero-order valence-corrected chi connectivity index (χ0v) is 14.0. The number of rotatable bonds is 8. The van der Waals surface area contributed by atoms with E-state index >= 15 is 0 Å². The summed E-state index contributed by atoms with van der Waals surface area (Å²) in [5, 5.41) is 11.3. The van der Waals surface area contributed by atoms with Crippen molar-refractivity contribution < 1.29 is 24.2 Å². The summed E-state index contributed by atoms with van der Waals surface area (Å²) in [6.07, 6.45) is 3.11. The predicted molar refractivity (Wildman–Crippen MR) is 91.7 cm³/mol. The van der Waals surface area contributed by atoms with Gasteiger partial charge in [0.2, 0.25) is 11.9 Å². The second kappa shape index (κ2) is 9.11. The Morgan fingerprint density at radius 1 is 1.12 bits per heavy atom. The van der Waals surface area contributed by atoms with E-state index in [0.29, 0.717) is 11.6 Å². The van der Waals surface area contributed by atoms with Crippen LogP contribution >= 0.6 is 0 Å². The highest BCUT2D eigenvalue weighted by molar-refractivity contribution is 6.02. The number of nitrogens with zero attached hydrogens (tertiary/aromatic N) is 3. The number of aromatic nitrogens is 2. The minimum absolute atomic E-state index is 0.00643. The average Bonchev–Trinajstić information content (AvgIpc) is 2.65. The van der Waals surface area contributed by atoms with Crippen LogP contribution in [0.1, 0.15) is 6.92 Å². The molecule has 0 aliphatic rings. The maximum atomic E-state index is 12.3. The van der Waals surface area contributed by atoms with Crippen LogP contribution in [-0.4, -0.2) is 52.1 Å². The van der Waals surface area contributed by atoms with E-state index in [1.54, 1.807) is 55.7 Å². The van der Waals surface area contributed by atoms with Crippen LogP contribution in [0.25, 0.3) is 0 Å². The first-order chi connectivity index (χ1) is 12.5. The summed E-state index contributed by atoms with van der Waals surface area (Å²) in [5.41, 5.74) is 0. The van der Waals surface area contributed by atoms with E-state index in [1.807, 2.05) is 0 Å². The van der Waals surface area contributed by atoms with Crippen molar-refractivity contribution in [1.29, 1.82) is 0 Å². The van der Waals surface area contributed by atoms with Crippen LogP contribution in [-0.2, 0) is 19.1 Å². The maximum Gasteiger partial charge on any atom is 0.340 e. The highest BCUT2D eigenvalue weighted by Crippen LogP contribution is 2.19. The zero-order chi connectivity index (χ0) is 18.9. The molecule has 1 atom stereocenters. The van der Waals surface area contributed by atoms with Crippen LogP contribution < -0.4 is 10.2 Å². The summed E-state index contributed by atoms with van der Waals surface area (Å²) >= 11 is 0. The molecule has 0 aliphatic heterocycles. The Kier molecular flexibility index (Phi) is 6.60. The number of carboxylic acids is 1. The van der Waals surface area contributed by atoms with Gasteiger partial charge in [0.05, 0.1) is 6.61 Å². The average molecular weight is 358 g/mol. The van der Waals surface area contributed by atoms with Gasteiger partial charge in [-0.2, -0.15) is 0 Å². The number of esters is 1. The van der Waals surface area contributed by atoms with E-state index in [2.05, 4.69) is 20.0 Å². The largest absolute Gasteiger partial charge is 0.479 e. The molecule has 26 heavy (non-hydrogen) atoms. The van der Waals surface area contributed by atoms with Crippen molar-refractivity contribution in [2.75, 3.05) is 18.1 Å². The molecule has 0 saturated carbocycles. The standard InChI is InChI=1S/C17H18N4O5/c1-2-26-17(25)15(16(23)24)20-14(22)11-21(12-7-3-5-9-18-12)13-8-4-6-10-19-13/h3-10,15H,2,11H2,1H3,(H,20,22)(H,23,24). The molecule has 0 aliphatic carbocycles. The first-order valence-electron chi connectivity index (χ1n) is 7.81. The monoisotopic (exact) mass is 358 g/mol. The molecule has 2 aromatic rings. The topological polar surface area (TPSA) is 122 Å². The van der Waals surface area contributed by atoms with Gasteiger partial charge in [-0.05, 0) is 31.2 Å². The van der Waals surface area contributed by atoms with E-state index in [4.69, 9.17) is 5.11 Å². The predicted octanol–water partition coefficient (Wildman–Crippen LogP) is 0.747. The highest BCUT2D eigenvalue weighted by Gasteiger charge is 2.30. The van der Waals surface area contributed by atoms with Gasteiger partial charge in [0.25, 0.3) is 0 Å². The SMILES string of the molecule is CCOC(=O)C(NC(=O)CN(c1ccccn1)c1ccccn1)C(=O)O. The molecule has 1 amide bonds. The molecule has 9 heteroatoms. The van der Waals surface area contributed by atoms with Gasteiger partial charge < -0.3 is 20.1 Å². The van der Waals surface area contributed by atoms with Crippen molar-refractivity contribution >= 4 is 29.5 Å². The molecule has 0 bridgehead atoms. The lowest BCUT2D eigenvalue weighted by Crippen LogP contribution is -2.50. The van der Waals surface area contributed by atoms with Gasteiger partial charge in [-0.15, -0.1) is 0 Å². The third kappa shape index (κ3) is 5.00. The van der Waals surface area contributed by atoms with Gasteiger partial charge in [-0.1, -0.05) is 12.1 Å². The molecular formula is C17H18N4O5. The Balaban J connectivity index is 2.18. The molecule has 2 heterocycles. The fraction of sp³-hybridized carbons (Fsp3) is 0.235. The number of pyridine rings is 2. The van der Waals surface area contributed by atoms with Crippen LogP contribution in [0.3, 0.4) is 0 Å². The number of amides is 1. The van der Waals surface area contributed by atoms with E-state index in [1.165, 1.54) is 4.90 Å². The lowest BCUT2D eigenvalue weighted by atomic mass is 10.3. The van der Waals surface area contributed by atoms with Gasteiger partial charge >= 0.3 is 11.9 Å². The summed E-state index contributed by atoms with van der Waals surface area (Å²) in [6.45, 7) is 1.27. The molecule has 9 nitrogen and oxygen atoms in total. The molecule has 2 N–H and O–H groups in total. The first-order valence-corrected chi connectivity index (χ1v) is 7.81. The Labute approximate surface area is 149 Å². The van der Waals surface area contributed by atoms with E-state index in [0.717, 1.165) is 0 Å². The maximum absolute atomic E-state index is 12.3. The minimum Gasteiger partial charge on any atom is -0.479 e. The van der Waals surface area contributed by atoms with E-state index < -0.39 is 23.9 Å². The number of carbonyl (C=O) groups excluding carboxylic acids is 2. The zero-order valence-electron chi connectivity index (χ0n) is 14.0. The molecule has 0 saturated heterocycles. The van der Waals surface area contributed by atoms with E-state index in [-0.39, 0.29) is 13.2 Å². The smallest absolute Gasteiger partial charge is 0.340 e. The van der Waals surface area contributed by atoms with Crippen LogP contribution in [0, 0.1) is 0 Å². The number of anilines is 2. The van der Waals surface area contributed by atoms with Gasteiger partial charge in [0.15, 0.2) is 0 Å². The molecule has 2 aromatic heterocycles. The molecule has 0 fully saturated rings. The van der Waals surface area contributed by atoms with Crippen molar-refractivity contribution in [1.82, 2.24) is 15.3 Å². The number of aliphatic carboxylic acids is 1. The molecule has 0 spiro atoms. The van der Waals surface area contributed by atoms with Crippen LogP contribution in [0.4, 0.5) is 11.6 Å². The van der Waals surface area contributed by atoms with Crippen molar-refractivity contribution in [3.05, 3.63) is 48.8 Å². The number of nitrogens with one attached hydrogen (secondary N) is 1. The summed E-state index contributed by atoms with van der Waals surface area (Å²) in [6, 6.07) is 8.52. The third-order valence-corrected chi connectivity index (χ3v) is 3.23. The van der Waals surface area contributed by atoms with Crippen LogP contribution in [0.5, 0.6) is 0 Å². The summed E-state index contributed by atoms with van der Waals surface area (Å²) in [5.74, 6) is -2.33. The molecular weight excluding hydrogens is 340 g/mol. The molecule has 2 rings (SSSR count). The molecule has 0 radical (unpaired) electrons. The highest BCUT2D eigenvalue weighted by atomic mass is 16.5. The van der Waals surface area contributed by atoms with Crippen molar-refractivity contribution in [3.8, 4) is 0 Å². The quantitative estimate of drug-likeness (QED) is 0.524. The second-order valence-corrected chi connectivity index (χ2v) is 5.05. The fourth-order valence-corrected chi connectivity index (χ4v) is 2.10. The molecule has 0 aromatic carbocycles. The van der Waals surface area contributed by atoms with E-state index in [9.17, 15) is 14.4 Å². The van der Waals surface area contributed by atoms with Gasteiger partial charge in [0, 0.05) is 12.4 Å². The summed E-state index contributed by atoms with van der Waals surface area (Å²) in [7, 11) is 0. The number of hydrogen-bond acceptors (Lipinski definition) is 7. The fourth-order valence-electron chi connectivity index (χ4n) is 2.10. The summed E-state index contributed by atoms with van der Waals surface area (Å²) < 4.78 is 4.67. The second-order valence-electron chi connectivity index (χ2n) is 5.05. The van der Waals surface area contributed by atoms with Gasteiger partial charge in [-0.3, -0.25) is 4.79 Å². The number of carboxylic acid groups (broad SMARTS) is 1. The van der Waals surface area contributed by atoms with Crippen LogP contribution in [0.15, 0.2) is 48.8 Å². The molecule has 136 valence electrons. The lowest BCUT2D eigenvalue weighted by Gasteiger charge is -2.23.